The molecule has 0 bridgehead atoms. The van der Waals surface area contributed by atoms with Gasteiger partial charge in [0, 0.05) is 11.9 Å². The van der Waals surface area contributed by atoms with Crippen molar-refractivity contribution in [3.05, 3.63) is 30.0 Å². The lowest BCUT2D eigenvalue weighted by Gasteiger charge is -2.07. The molecule has 2 N–H and O–H groups in total. The fraction of sp³-hybridized carbons (Fsp3) is 0.333. The quantitative estimate of drug-likeness (QED) is 0.825. The summed E-state index contributed by atoms with van der Waals surface area (Å²) in [4.78, 5) is 11.9. The molecule has 2 rings (SSSR count). The van der Waals surface area contributed by atoms with Gasteiger partial charge < -0.3 is 5.32 Å². The maximum Gasteiger partial charge on any atom is 0.252 e. The van der Waals surface area contributed by atoms with Crippen LogP contribution in [0.2, 0.25) is 0 Å². The molecule has 16 heavy (non-hydrogen) atoms. The zero-order chi connectivity index (χ0) is 11.5. The number of hydrogen-bond donors (Lipinski definition) is 2. The molecule has 0 saturated carbocycles. The molecule has 1 amide bonds. The highest BCUT2D eigenvalue weighted by molar-refractivity contribution is 6.05. The van der Waals surface area contributed by atoms with E-state index in [-0.39, 0.29) is 5.91 Å². The third-order valence-electron chi connectivity index (χ3n) is 2.40. The molecular weight excluding hydrogens is 202 g/mol. The van der Waals surface area contributed by atoms with Crippen LogP contribution >= 0.6 is 0 Å². The van der Waals surface area contributed by atoms with Crippen LogP contribution in [0.5, 0.6) is 0 Å². The van der Waals surface area contributed by atoms with E-state index >= 15 is 0 Å². The number of rotatable bonds is 3. The van der Waals surface area contributed by atoms with Crippen LogP contribution in [-0.2, 0) is 0 Å². The zero-order valence-corrected chi connectivity index (χ0v) is 9.45. The number of carbonyl (C=O) groups excluding carboxylic acids is 1. The summed E-state index contributed by atoms with van der Waals surface area (Å²) in [5, 5.41) is 10.5. The van der Waals surface area contributed by atoms with E-state index < -0.39 is 0 Å². The number of fused-ring (bicyclic) bond motifs is 1. The first-order chi connectivity index (χ1) is 7.68. The molecule has 0 radical (unpaired) electrons. The van der Waals surface area contributed by atoms with E-state index in [1.165, 1.54) is 0 Å². The maximum atomic E-state index is 11.9. The van der Waals surface area contributed by atoms with Crippen molar-refractivity contribution < 1.29 is 4.79 Å². The largest absolute Gasteiger partial charge is 0.352 e. The summed E-state index contributed by atoms with van der Waals surface area (Å²) in [6.07, 6.45) is 1.68. The van der Waals surface area contributed by atoms with Gasteiger partial charge in [0.15, 0.2) is 0 Å². The topological polar surface area (TPSA) is 57.8 Å². The van der Waals surface area contributed by atoms with Gasteiger partial charge in [-0.1, -0.05) is 19.9 Å². The minimum absolute atomic E-state index is 0.0410. The molecule has 2 aromatic rings. The van der Waals surface area contributed by atoms with Crippen molar-refractivity contribution in [2.45, 2.75) is 13.8 Å². The molecule has 0 spiro atoms. The van der Waals surface area contributed by atoms with Gasteiger partial charge >= 0.3 is 0 Å². The van der Waals surface area contributed by atoms with Crippen molar-refractivity contribution in [2.75, 3.05) is 6.54 Å². The van der Waals surface area contributed by atoms with E-state index in [4.69, 9.17) is 0 Å². The predicted octanol–water partition coefficient (Wildman–Crippen LogP) is 1.95. The molecule has 0 aliphatic rings. The van der Waals surface area contributed by atoms with Crippen LogP contribution in [0.25, 0.3) is 10.9 Å². The molecule has 84 valence electrons. The van der Waals surface area contributed by atoms with Crippen LogP contribution in [0.1, 0.15) is 24.2 Å². The summed E-state index contributed by atoms with van der Waals surface area (Å²) in [7, 11) is 0. The number of carbonyl (C=O) groups is 1. The third kappa shape index (κ3) is 2.05. The highest BCUT2D eigenvalue weighted by atomic mass is 16.1. The van der Waals surface area contributed by atoms with E-state index in [0.717, 1.165) is 10.9 Å². The molecule has 1 heterocycles. The SMILES string of the molecule is CC(C)CNC(=O)c1cccc2[nH]ncc12. The Morgan fingerprint density at radius 2 is 2.31 bits per heavy atom. The summed E-state index contributed by atoms with van der Waals surface area (Å²) in [5.74, 6) is 0.410. The van der Waals surface area contributed by atoms with Crippen LogP contribution in [0.3, 0.4) is 0 Å². The Morgan fingerprint density at radius 3 is 3.06 bits per heavy atom. The summed E-state index contributed by atoms with van der Waals surface area (Å²) in [6, 6.07) is 5.57. The number of nitrogens with zero attached hydrogens (tertiary/aromatic N) is 1. The zero-order valence-electron chi connectivity index (χ0n) is 9.45. The van der Waals surface area contributed by atoms with Gasteiger partial charge in [-0.05, 0) is 18.1 Å². The average Bonchev–Trinajstić information content (AvgIpc) is 2.73. The smallest absolute Gasteiger partial charge is 0.252 e. The van der Waals surface area contributed by atoms with Gasteiger partial charge in [-0.3, -0.25) is 9.89 Å². The lowest BCUT2D eigenvalue weighted by atomic mass is 10.1. The van der Waals surface area contributed by atoms with Crippen LogP contribution in [0.15, 0.2) is 24.4 Å². The lowest BCUT2D eigenvalue weighted by Crippen LogP contribution is -2.27. The number of nitrogens with one attached hydrogen (secondary N) is 2. The highest BCUT2D eigenvalue weighted by Crippen LogP contribution is 2.15. The van der Waals surface area contributed by atoms with Crippen LogP contribution in [-0.4, -0.2) is 22.6 Å². The van der Waals surface area contributed by atoms with Gasteiger partial charge in [-0.15, -0.1) is 0 Å². The summed E-state index contributed by atoms with van der Waals surface area (Å²) in [5.41, 5.74) is 1.56. The normalized spacial score (nSPS) is 10.9. The second-order valence-electron chi connectivity index (χ2n) is 4.24. The van der Waals surface area contributed by atoms with Crippen LogP contribution < -0.4 is 5.32 Å². The van der Waals surface area contributed by atoms with Gasteiger partial charge in [0.05, 0.1) is 17.3 Å². The standard InChI is InChI=1S/C12H15N3O/c1-8(2)6-13-12(16)9-4-3-5-11-10(9)7-14-15-11/h3-5,7-8H,6H2,1-2H3,(H,13,16)(H,14,15). The van der Waals surface area contributed by atoms with E-state index in [1.807, 2.05) is 18.2 Å². The third-order valence-corrected chi connectivity index (χ3v) is 2.40. The molecule has 4 nitrogen and oxygen atoms in total. The molecule has 1 aromatic heterocycles. The van der Waals surface area contributed by atoms with Gasteiger partial charge in [0.2, 0.25) is 0 Å². The second-order valence-corrected chi connectivity index (χ2v) is 4.24. The first-order valence-electron chi connectivity index (χ1n) is 5.39. The number of amides is 1. The monoisotopic (exact) mass is 217 g/mol. The van der Waals surface area contributed by atoms with Crippen molar-refractivity contribution in [3.8, 4) is 0 Å². The Labute approximate surface area is 94.0 Å². The second kappa shape index (κ2) is 4.35. The fourth-order valence-corrected chi connectivity index (χ4v) is 1.56. The van der Waals surface area contributed by atoms with E-state index in [9.17, 15) is 4.79 Å². The molecule has 4 heteroatoms. The first-order valence-corrected chi connectivity index (χ1v) is 5.39. The predicted molar refractivity (Wildman–Crippen MR) is 63.3 cm³/mol. The molecule has 0 fully saturated rings. The Kier molecular flexibility index (Phi) is 2.90. The lowest BCUT2D eigenvalue weighted by molar-refractivity contribution is 0.0950. The van der Waals surface area contributed by atoms with Crippen molar-refractivity contribution in [3.63, 3.8) is 0 Å². The minimum atomic E-state index is -0.0410. The Bertz CT molecular complexity index is 502. The molecule has 0 aliphatic carbocycles. The van der Waals surface area contributed by atoms with Crippen molar-refractivity contribution in [1.82, 2.24) is 15.5 Å². The summed E-state index contributed by atoms with van der Waals surface area (Å²) in [6.45, 7) is 4.82. The first kappa shape index (κ1) is 10.7. The molecule has 0 unspecified atom stereocenters. The van der Waals surface area contributed by atoms with Gasteiger partial charge in [0.1, 0.15) is 0 Å². The fourth-order valence-electron chi connectivity index (χ4n) is 1.56. The molecule has 1 aromatic carbocycles. The number of aromatic nitrogens is 2. The number of benzene rings is 1. The number of hydrogen-bond acceptors (Lipinski definition) is 2. The molecule has 0 aliphatic heterocycles. The molecule has 0 atom stereocenters. The summed E-state index contributed by atoms with van der Waals surface area (Å²) >= 11 is 0. The number of aromatic amines is 1. The molecule has 0 saturated heterocycles. The van der Waals surface area contributed by atoms with E-state index in [0.29, 0.717) is 18.0 Å². The minimum Gasteiger partial charge on any atom is -0.352 e. The van der Waals surface area contributed by atoms with Gasteiger partial charge in [0.25, 0.3) is 5.91 Å². The number of H-pyrrole nitrogens is 1. The Hall–Kier alpha value is -1.84. The highest BCUT2D eigenvalue weighted by Gasteiger charge is 2.10. The van der Waals surface area contributed by atoms with Crippen molar-refractivity contribution in [1.29, 1.82) is 0 Å². The molecular formula is C12H15N3O. The van der Waals surface area contributed by atoms with Gasteiger partial charge in [-0.25, -0.2) is 0 Å². The van der Waals surface area contributed by atoms with Gasteiger partial charge in [-0.2, -0.15) is 5.10 Å². The van der Waals surface area contributed by atoms with E-state index in [2.05, 4.69) is 29.4 Å². The Balaban J connectivity index is 2.25. The van der Waals surface area contributed by atoms with E-state index in [1.54, 1.807) is 6.20 Å². The van der Waals surface area contributed by atoms with Crippen LogP contribution in [0, 0.1) is 5.92 Å². The Morgan fingerprint density at radius 1 is 1.50 bits per heavy atom. The van der Waals surface area contributed by atoms with Crippen molar-refractivity contribution >= 4 is 16.8 Å². The van der Waals surface area contributed by atoms with Crippen molar-refractivity contribution in [2.24, 2.45) is 5.92 Å². The van der Waals surface area contributed by atoms with Crippen LogP contribution in [0.4, 0.5) is 0 Å². The average molecular weight is 217 g/mol. The maximum absolute atomic E-state index is 11.9. The summed E-state index contributed by atoms with van der Waals surface area (Å²) < 4.78 is 0.